The van der Waals surface area contributed by atoms with Gasteiger partial charge < -0.3 is 0 Å². The van der Waals surface area contributed by atoms with Gasteiger partial charge in [-0.25, -0.2) is 14.6 Å². The zero-order valence-electron chi connectivity index (χ0n) is 13.9. The van der Waals surface area contributed by atoms with E-state index in [0.29, 0.717) is 0 Å². The molecule has 0 aliphatic carbocycles. The molecule has 6 heteroatoms. The minimum Gasteiger partial charge on any atom is -0.215 e. The van der Waals surface area contributed by atoms with Crippen molar-refractivity contribution in [2.24, 2.45) is 0 Å². The molecule has 2 aromatic carbocycles. The van der Waals surface area contributed by atoms with Gasteiger partial charge in [0.05, 0.1) is 17.3 Å². The molecule has 0 bridgehead atoms. The predicted octanol–water partition coefficient (Wildman–Crippen LogP) is 5.00. The number of hydrogen-bond donors (Lipinski definition) is 0. The van der Waals surface area contributed by atoms with Gasteiger partial charge in [-0.1, -0.05) is 59.4 Å². The van der Waals surface area contributed by atoms with Gasteiger partial charge in [0.15, 0.2) is 10.8 Å². The molecule has 4 rings (SSSR count). The van der Waals surface area contributed by atoms with Crippen LogP contribution < -0.4 is 0 Å². The van der Waals surface area contributed by atoms with Crippen LogP contribution in [0.25, 0.3) is 16.7 Å². The van der Waals surface area contributed by atoms with E-state index in [9.17, 15) is 0 Å². The molecular formula is C19H16N4S2. The number of aromatic nitrogens is 4. The first-order valence-electron chi connectivity index (χ1n) is 7.84. The monoisotopic (exact) mass is 364 g/mol. The van der Waals surface area contributed by atoms with Crippen LogP contribution >= 0.6 is 23.5 Å². The highest BCUT2D eigenvalue weighted by atomic mass is 32.2. The van der Waals surface area contributed by atoms with Crippen molar-refractivity contribution < 1.29 is 0 Å². The standard InChI is InChI=1S/C19H16N4S2/c1-13-8-10-15(11-9-13)25-18-16-12-20-23(14-6-4-3-5-7-14)17(16)21-19(22-18)24-2/h3-12H,1-2H3. The van der Waals surface area contributed by atoms with Crippen LogP contribution in [0.4, 0.5) is 0 Å². The molecule has 0 fully saturated rings. The van der Waals surface area contributed by atoms with E-state index in [2.05, 4.69) is 41.3 Å². The number of para-hydroxylation sites is 1. The minimum absolute atomic E-state index is 0.750. The van der Waals surface area contributed by atoms with Crippen LogP contribution in [-0.4, -0.2) is 26.0 Å². The maximum atomic E-state index is 4.71. The van der Waals surface area contributed by atoms with E-state index >= 15 is 0 Å². The number of thioether (sulfide) groups is 1. The summed E-state index contributed by atoms with van der Waals surface area (Å²) >= 11 is 3.19. The Morgan fingerprint density at radius 2 is 1.68 bits per heavy atom. The van der Waals surface area contributed by atoms with Crippen LogP contribution in [0.1, 0.15) is 5.56 Å². The summed E-state index contributed by atoms with van der Waals surface area (Å²) in [6, 6.07) is 18.5. The number of rotatable bonds is 4. The second-order valence-corrected chi connectivity index (χ2v) is 7.40. The van der Waals surface area contributed by atoms with E-state index in [-0.39, 0.29) is 0 Å². The molecule has 0 saturated carbocycles. The Labute approximate surface area is 154 Å². The number of aryl methyl sites for hydroxylation is 1. The van der Waals surface area contributed by atoms with Crippen LogP contribution in [0.5, 0.6) is 0 Å². The van der Waals surface area contributed by atoms with Gasteiger partial charge in [-0.15, -0.1) is 0 Å². The molecule has 0 N–H and O–H groups in total. The average Bonchev–Trinajstić information content (AvgIpc) is 3.08. The van der Waals surface area contributed by atoms with Crippen molar-refractivity contribution in [2.75, 3.05) is 6.26 Å². The summed E-state index contributed by atoms with van der Waals surface area (Å²) in [6.07, 6.45) is 3.84. The van der Waals surface area contributed by atoms with Crippen LogP contribution in [0.2, 0.25) is 0 Å². The Kier molecular flexibility index (Phi) is 4.46. The predicted molar refractivity (Wildman–Crippen MR) is 104 cm³/mol. The molecule has 2 aromatic heterocycles. The van der Waals surface area contributed by atoms with Crippen LogP contribution in [0, 0.1) is 6.92 Å². The first-order valence-corrected chi connectivity index (χ1v) is 9.88. The van der Waals surface area contributed by atoms with Crippen molar-refractivity contribution in [1.82, 2.24) is 19.7 Å². The summed E-state index contributed by atoms with van der Waals surface area (Å²) in [6.45, 7) is 2.09. The quantitative estimate of drug-likeness (QED) is 0.290. The highest BCUT2D eigenvalue weighted by molar-refractivity contribution is 7.99. The van der Waals surface area contributed by atoms with Gasteiger partial charge in [-0.3, -0.25) is 0 Å². The number of nitrogens with zero attached hydrogens (tertiary/aromatic N) is 4. The van der Waals surface area contributed by atoms with Gasteiger partial charge in [0.1, 0.15) is 5.03 Å². The van der Waals surface area contributed by atoms with Gasteiger partial charge in [0.2, 0.25) is 0 Å². The maximum absolute atomic E-state index is 4.71. The van der Waals surface area contributed by atoms with Crippen molar-refractivity contribution in [2.45, 2.75) is 22.0 Å². The lowest BCUT2D eigenvalue weighted by Gasteiger charge is -2.07. The Balaban J connectivity index is 1.84. The second kappa shape index (κ2) is 6.90. The van der Waals surface area contributed by atoms with E-state index in [1.165, 1.54) is 5.56 Å². The van der Waals surface area contributed by atoms with E-state index in [1.807, 2.05) is 47.5 Å². The molecule has 4 nitrogen and oxygen atoms in total. The van der Waals surface area contributed by atoms with E-state index < -0.39 is 0 Å². The molecule has 25 heavy (non-hydrogen) atoms. The van der Waals surface area contributed by atoms with E-state index in [1.54, 1.807) is 23.5 Å². The zero-order chi connectivity index (χ0) is 17.2. The Bertz CT molecular complexity index is 1010. The Morgan fingerprint density at radius 3 is 2.40 bits per heavy atom. The normalized spacial score (nSPS) is 11.1. The fourth-order valence-corrected chi connectivity index (χ4v) is 3.81. The molecule has 0 radical (unpaired) electrons. The van der Waals surface area contributed by atoms with Crippen LogP contribution in [0.3, 0.4) is 0 Å². The summed E-state index contributed by atoms with van der Waals surface area (Å²) in [5, 5.41) is 7.19. The first kappa shape index (κ1) is 16.2. The smallest absolute Gasteiger partial charge is 0.190 e. The van der Waals surface area contributed by atoms with Crippen LogP contribution in [-0.2, 0) is 0 Å². The highest BCUT2D eigenvalue weighted by Crippen LogP contribution is 2.33. The molecule has 0 unspecified atom stereocenters. The van der Waals surface area contributed by atoms with Crippen LogP contribution in [0.15, 0.2) is 75.9 Å². The topological polar surface area (TPSA) is 43.6 Å². The molecule has 4 aromatic rings. The summed E-state index contributed by atoms with van der Waals surface area (Å²) in [5.74, 6) is 0. The first-order chi connectivity index (χ1) is 12.2. The third kappa shape index (κ3) is 3.27. The van der Waals surface area contributed by atoms with Gasteiger partial charge in [-0.05, 0) is 37.4 Å². The summed E-state index contributed by atoms with van der Waals surface area (Å²) in [7, 11) is 0. The van der Waals surface area contributed by atoms with Crippen molar-refractivity contribution >= 4 is 34.6 Å². The fourth-order valence-electron chi connectivity index (χ4n) is 2.51. The fraction of sp³-hybridized carbons (Fsp3) is 0.105. The van der Waals surface area contributed by atoms with Gasteiger partial charge in [0.25, 0.3) is 0 Å². The highest BCUT2D eigenvalue weighted by Gasteiger charge is 2.14. The molecule has 124 valence electrons. The zero-order valence-corrected chi connectivity index (χ0v) is 15.5. The molecule has 2 heterocycles. The lowest BCUT2D eigenvalue weighted by Crippen LogP contribution is -1.99. The van der Waals surface area contributed by atoms with E-state index in [4.69, 9.17) is 4.98 Å². The summed E-state index contributed by atoms with van der Waals surface area (Å²) in [4.78, 5) is 10.5. The van der Waals surface area contributed by atoms with Crippen molar-refractivity contribution in [3.63, 3.8) is 0 Å². The summed E-state index contributed by atoms with van der Waals surface area (Å²) in [5.41, 5.74) is 3.08. The number of hydrogen-bond acceptors (Lipinski definition) is 5. The number of benzene rings is 2. The lowest BCUT2D eigenvalue weighted by molar-refractivity contribution is 0.864. The lowest BCUT2D eigenvalue weighted by atomic mass is 10.2. The largest absolute Gasteiger partial charge is 0.215 e. The second-order valence-electron chi connectivity index (χ2n) is 5.56. The maximum Gasteiger partial charge on any atom is 0.190 e. The van der Waals surface area contributed by atoms with Crippen molar-refractivity contribution in [1.29, 1.82) is 0 Å². The van der Waals surface area contributed by atoms with Gasteiger partial charge in [0, 0.05) is 4.90 Å². The molecule has 0 spiro atoms. The van der Waals surface area contributed by atoms with Crippen molar-refractivity contribution in [3.05, 3.63) is 66.4 Å². The third-order valence-electron chi connectivity index (χ3n) is 3.79. The Morgan fingerprint density at radius 1 is 0.920 bits per heavy atom. The molecule has 0 aliphatic rings. The SMILES string of the molecule is CSc1nc(Sc2ccc(C)cc2)c2cnn(-c3ccccc3)c2n1. The Hall–Kier alpha value is -2.31. The molecular weight excluding hydrogens is 348 g/mol. The van der Waals surface area contributed by atoms with Gasteiger partial charge in [-0.2, -0.15) is 5.10 Å². The van der Waals surface area contributed by atoms with Gasteiger partial charge >= 0.3 is 0 Å². The molecule has 0 aliphatic heterocycles. The molecule has 0 saturated heterocycles. The third-order valence-corrected chi connectivity index (χ3v) is 5.35. The molecule has 0 amide bonds. The number of fused-ring (bicyclic) bond motifs is 1. The summed E-state index contributed by atoms with van der Waals surface area (Å²) < 4.78 is 1.87. The van der Waals surface area contributed by atoms with Crippen molar-refractivity contribution in [3.8, 4) is 5.69 Å². The van der Waals surface area contributed by atoms with E-state index in [0.717, 1.165) is 31.8 Å². The minimum atomic E-state index is 0.750. The average molecular weight is 364 g/mol. The molecule has 0 atom stereocenters.